The van der Waals surface area contributed by atoms with Crippen molar-refractivity contribution in [1.29, 1.82) is 0 Å². The van der Waals surface area contributed by atoms with Crippen molar-refractivity contribution >= 4 is 33.4 Å². The van der Waals surface area contributed by atoms with Gasteiger partial charge >= 0.3 is 0 Å². The highest BCUT2D eigenvalue weighted by Crippen LogP contribution is 2.40. The molecule has 0 unspecified atom stereocenters. The number of rotatable bonds is 8. The van der Waals surface area contributed by atoms with E-state index in [2.05, 4.69) is 15.9 Å². The zero-order valence-corrected chi connectivity index (χ0v) is 20.4. The number of hydrogen-bond donors (Lipinski definition) is 1. The quantitative estimate of drug-likeness (QED) is 0.325. The van der Waals surface area contributed by atoms with Gasteiger partial charge in [0.05, 0.1) is 17.7 Å². The molecule has 2 aromatic rings. The Morgan fingerprint density at radius 1 is 1.09 bits per heavy atom. The van der Waals surface area contributed by atoms with Gasteiger partial charge in [-0.05, 0) is 82.9 Å². The molecule has 32 heavy (non-hydrogen) atoms. The number of carbonyl (C=O) groups excluding carboxylic acids is 2. The molecular weight excluding hydrogens is 472 g/mol. The molecule has 1 atom stereocenters. The Morgan fingerprint density at radius 2 is 1.72 bits per heavy atom. The lowest BCUT2D eigenvalue weighted by molar-refractivity contribution is -0.139. The van der Waals surface area contributed by atoms with E-state index in [9.17, 15) is 14.7 Å². The van der Waals surface area contributed by atoms with Crippen molar-refractivity contribution in [2.75, 3.05) is 27.2 Å². The van der Waals surface area contributed by atoms with Crippen molar-refractivity contribution < 1.29 is 19.4 Å². The minimum absolute atomic E-state index is 0.0272. The summed E-state index contributed by atoms with van der Waals surface area (Å²) >= 11 is 3.43. The Kier molecular flexibility index (Phi) is 7.74. The first-order valence-electron chi connectivity index (χ1n) is 10.6. The summed E-state index contributed by atoms with van der Waals surface area (Å²) in [5.41, 5.74) is 1.35. The van der Waals surface area contributed by atoms with E-state index in [1.54, 1.807) is 29.2 Å². The molecule has 1 aliphatic rings. The Labute approximate surface area is 197 Å². The van der Waals surface area contributed by atoms with Crippen molar-refractivity contribution in [1.82, 2.24) is 9.80 Å². The van der Waals surface area contributed by atoms with Gasteiger partial charge in [-0.25, -0.2) is 0 Å². The number of ketones is 1. The van der Waals surface area contributed by atoms with E-state index in [4.69, 9.17) is 4.74 Å². The average Bonchev–Trinajstić information content (AvgIpc) is 2.99. The molecule has 1 fully saturated rings. The third kappa shape index (κ3) is 5.40. The van der Waals surface area contributed by atoms with Crippen molar-refractivity contribution in [3.8, 4) is 5.75 Å². The fraction of sp³-hybridized carbons (Fsp3) is 0.360. The second kappa shape index (κ2) is 10.3. The van der Waals surface area contributed by atoms with Gasteiger partial charge in [0.1, 0.15) is 11.5 Å². The predicted octanol–water partition coefficient (Wildman–Crippen LogP) is 4.61. The van der Waals surface area contributed by atoms with Crippen LogP contribution in [0.1, 0.15) is 37.4 Å². The van der Waals surface area contributed by atoms with Crippen LogP contribution in [0.2, 0.25) is 0 Å². The van der Waals surface area contributed by atoms with E-state index in [0.29, 0.717) is 24.3 Å². The number of Topliss-reactive ketones (excluding diaryl/α,β-unsaturated/α-hetero) is 1. The van der Waals surface area contributed by atoms with Gasteiger partial charge in [0.15, 0.2) is 0 Å². The number of likely N-dealkylation sites (tertiary alicyclic amines) is 1. The normalized spacial score (nSPS) is 18.1. The molecule has 1 amide bonds. The maximum absolute atomic E-state index is 13.0. The highest BCUT2D eigenvalue weighted by molar-refractivity contribution is 9.10. The smallest absolute Gasteiger partial charge is 0.295 e. The summed E-state index contributed by atoms with van der Waals surface area (Å²) in [4.78, 5) is 29.6. The summed E-state index contributed by atoms with van der Waals surface area (Å²) < 4.78 is 6.55. The van der Waals surface area contributed by atoms with Crippen molar-refractivity contribution in [2.24, 2.45) is 0 Å². The SMILES string of the molecule is CC(C)Oc1ccc(/C(O)=C2\C(=O)C(=O)N(CCCN(C)C)[C@@H]2c2ccc(Br)cc2)cc1. The monoisotopic (exact) mass is 500 g/mol. The lowest BCUT2D eigenvalue weighted by Crippen LogP contribution is -2.32. The minimum atomic E-state index is -0.664. The number of aliphatic hydroxyl groups is 1. The summed E-state index contributed by atoms with van der Waals surface area (Å²) in [6.07, 6.45) is 0.744. The molecule has 0 radical (unpaired) electrons. The van der Waals surface area contributed by atoms with Gasteiger partial charge in [0.25, 0.3) is 11.7 Å². The van der Waals surface area contributed by atoms with Crippen LogP contribution in [0.3, 0.4) is 0 Å². The van der Waals surface area contributed by atoms with E-state index in [0.717, 1.165) is 16.6 Å². The second-order valence-electron chi connectivity index (χ2n) is 8.39. The molecule has 2 aromatic carbocycles. The topological polar surface area (TPSA) is 70.1 Å². The number of amides is 1. The molecule has 0 saturated carbocycles. The maximum Gasteiger partial charge on any atom is 0.295 e. The predicted molar refractivity (Wildman–Crippen MR) is 129 cm³/mol. The number of ether oxygens (including phenoxy) is 1. The Bertz CT molecular complexity index is 998. The molecular formula is C25H29BrN2O4. The molecule has 1 aliphatic heterocycles. The largest absolute Gasteiger partial charge is 0.507 e. The van der Waals surface area contributed by atoms with Crippen molar-refractivity contribution in [3.05, 3.63) is 69.7 Å². The van der Waals surface area contributed by atoms with Crippen LogP contribution in [0, 0.1) is 0 Å². The average molecular weight is 501 g/mol. The molecule has 170 valence electrons. The van der Waals surface area contributed by atoms with Crippen molar-refractivity contribution in [2.45, 2.75) is 32.4 Å². The van der Waals surface area contributed by atoms with E-state index in [1.807, 2.05) is 57.1 Å². The van der Waals surface area contributed by atoms with Crippen LogP contribution in [-0.4, -0.2) is 59.9 Å². The number of hydrogen-bond acceptors (Lipinski definition) is 5. The molecule has 6 nitrogen and oxygen atoms in total. The number of carbonyl (C=O) groups is 2. The third-order valence-electron chi connectivity index (χ3n) is 5.23. The number of nitrogens with zero attached hydrogens (tertiary/aromatic N) is 2. The zero-order valence-electron chi connectivity index (χ0n) is 18.8. The van der Waals surface area contributed by atoms with E-state index >= 15 is 0 Å². The lowest BCUT2D eigenvalue weighted by atomic mass is 9.95. The van der Waals surface area contributed by atoms with Crippen LogP contribution in [0.15, 0.2) is 58.6 Å². The molecule has 3 rings (SSSR count). The van der Waals surface area contributed by atoms with Crippen LogP contribution < -0.4 is 4.74 Å². The number of aliphatic hydroxyl groups excluding tert-OH is 1. The number of halogens is 1. The summed E-state index contributed by atoms with van der Waals surface area (Å²) in [6.45, 7) is 5.07. The molecule has 7 heteroatoms. The third-order valence-corrected chi connectivity index (χ3v) is 5.76. The molecule has 0 aliphatic carbocycles. The molecule has 0 spiro atoms. The van der Waals surface area contributed by atoms with E-state index < -0.39 is 17.7 Å². The highest BCUT2D eigenvalue weighted by Gasteiger charge is 2.45. The Hall–Kier alpha value is -2.64. The maximum atomic E-state index is 13.0. The fourth-order valence-electron chi connectivity index (χ4n) is 3.78. The molecule has 0 aromatic heterocycles. The summed E-state index contributed by atoms with van der Waals surface area (Å²) in [5, 5.41) is 11.1. The fourth-order valence-corrected chi connectivity index (χ4v) is 4.04. The van der Waals surface area contributed by atoms with Gasteiger partial charge in [0, 0.05) is 16.6 Å². The van der Waals surface area contributed by atoms with Gasteiger partial charge in [-0.3, -0.25) is 9.59 Å². The van der Waals surface area contributed by atoms with Crippen molar-refractivity contribution in [3.63, 3.8) is 0 Å². The van der Waals surface area contributed by atoms with Crippen LogP contribution in [-0.2, 0) is 9.59 Å². The Balaban J connectivity index is 2.03. The van der Waals surface area contributed by atoms with E-state index in [-0.39, 0.29) is 17.4 Å². The highest BCUT2D eigenvalue weighted by atomic mass is 79.9. The lowest BCUT2D eigenvalue weighted by Gasteiger charge is -2.26. The first-order chi connectivity index (χ1) is 15.2. The van der Waals surface area contributed by atoms with Gasteiger partial charge in [-0.1, -0.05) is 28.1 Å². The molecule has 0 bridgehead atoms. The van der Waals surface area contributed by atoms with Crippen LogP contribution in [0.25, 0.3) is 5.76 Å². The molecule has 1 saturated heterocycles. The van der Waals surface area contributed by atoms with E-state index in [1.165, 1.54) is 0 Å². The standard InChI is InChI=1S/C25H29BrN2O4/c1-16(2)32-20-12-8-18(9-13-20)23(29)21-22(17-6-10-19(26)11-7-17)28(25(31)24(21)30)15-5-14-27(3)4/h6-13,16,22,29H,5,14-15H2,1-4H3/b23-21+/t22-/m1/s1. The van der Waals surface area contributed by atoms with Crippen LogP contribution in [0.5, 0.6) is 5.75 Å². The van der Waals surface area contributed by atoms with Crippen LogP contribution >= 0.6 is 15.9 Å². The van der Waals surface area contributed by atoms with Crippen LogP contribution in [0.4, 0.5) is 0 Å². The van der Waals surface area contributed by atoms with Gasteiger partial charge in [-0.2, -0.15) is 0 Å². The molecule has 1 N–H and O–H groups in total. The summed E-state index contributed by atoms with van der Waals surface area (Å²) in [5.74, 6) is -0.756. The first-order valence-corrected chi connectivity index (χ1v) is 11.4. The summed E-state index contributed by atoms with van der Waals surface area (Å²) in [6, 6.07) is 13.7. The first kappa shape index (κ1) is 24.0. The Morgan fingerprint density at radius 3 is 2.28 bits per heavy atom. The van der Waals surface area contributed by atoms with Gasteiger partial charge < -0.3 is 19.6 Å². The summed E-state index contributed by atoms with van der Waals surface area (Å²) in [7, 11) is 3.93. The van der Waals surface area contributed by atoms with Gasteiger partial charge in [0.2, 0.25) is 0 Å². The number of benzene rings is 2. The zero-order chi connectivity index (χ0) is 23.4. The van der Waals surface area contributed by atoms with Gasteiger partial charge in [-0.15, -0.1) is 0 Å². The second-order valence-corrected chi connectivity index (χ2v) is 9.31. The molecule has 1 heterocycles. The minimum Gasteiger partial charge on any atom is -0.507 e.